The molecule has 0 aliphatic rings. The van der Waals surface area contributed by atoms with Gasteiger partial charge in [-0.25, -0.2) is 0 Å². The van der Waals surface area contributed by atoms with Gasteiger partial charge in [-0.2, -0.15) is 0 Å². The van der Waals surface area contributed by atoms with Crippen LogP contribution < -0.4 is 16.2 Å². The van der Waals surface area contributed by atoms with Crippen LogP contribution in [0.5, 0.6) is 0 Å². The number of hydrazine groups is 1. The zero-order chi connectivity index (χ0) is 13.4. The number of hydrogen-bond acceptors (Lipinski definition) is 2. The van der Waals surface area contributed by atoms with E-state index in [0.717, 1.165) is 12.0 Å². The van der Waals surface area contributed by atoms with Gasteiger partial charge in [0, 0.05) is 6.42 Å². The second-order valence-corrected chi connectivity index (χ2v) is 4.44. The molecule has 0 saturated heterocycles. The highest BCUT2D eigenvalue weighted by Crippen LogP contribution is 2.10. The molecule has 0 unspecified atom stereocenters. The molecule has 1 amide bonds. The van der Waals surface area contributed by atoms with Crippen LogP contribution in [0.4, 0.5) is 0 Å². The molecular weight excluding hydrogens is 246 g/mol. The molecule has 0 aliphatic carbocycles. The van der Waals surface area contributed by atoms with Gasteiger partial charge in [0.05, 0.1) is 6.04 Å². The molecule has 0 aromatic heterocycles. The quantitative estimate of drug-likeness (QED) is 0.576. The summed E-state index contributed by atoms with van der Waals surface area (Å²) >= 11 is 5.10. The molecule has 0 saturated carbocycles. The molecule has 0 heterocycles. The van der Waals surface area contributed by atoms with Crippen molar-refractivity contribution in [2.45, 2.75) is 32.7 Å². The van der Waals surface area contributed by atoms with Crippen molar-refractivity contribution in [2.24, 2.45) is 0 Å². The maximum atomic E-state index is 11.2. The van der Waals surface area contributed by atoms with E-state index < -0.39 is 0 Å². The van der Waals surface area contributed by atoms with Gasteiger partial charge >= 0.3 is 0 Å². The van der Waals surface area contributed by atoms with Crippen molar-refractivity contribution in [3.05, 3.63) is 35.9 Å². The van der Waals surface area contributed by atoms with Gasteiger partial charge in [-0.15, -0.1) is 0 Å². The summed E-state index contributed by atoms with van der Waals surface area (Å²) in [6, 6.07) is 10.1. The Morgan fingerprint density at radius 2 is 1.94 bits per heavy atom. The Labute approximate surface area is 113 Å². The number of rotatable bonds is 4. The van der Waals surface area contributed by atoms with Gasteiger partial charge in [0.25, 0.3) is 0 Å². The summed E-state index contributed by atoms with van der Waals surface area (Å²) in [5.74, 6) is -0.0611. The molecule has 1 aromatic rings. The first-order valence-corrected chi connectivity index (χ1v) is 6.44. The summed E-state index contributed by atoms with van der Waals surface area (Å²) in [5.41, 5.74) is 6.38. The highest BCUT2D eigenvalue weighted by molar-refractivity contribution is 7.80. The maximum Gasteiger partial charge on any atom is 0.238 e. The van der Waals surface area contributed by atoms with E-state index in [4.69, 9.17) is 12.2 Å². The molecule has 4 nitrogen and oxygen atoms in total. The molecule has 5 heteroatoms. The highest BCUT2D eigenvalue weighted by atomic mass is 32.1. The minimum atomic E-state index is -0.0611. The number of nitrogens with one attached hydrogen (secondary N) is 3. The minimum Gasteiger partial charge on any atom is -0.355 e. The Balaban J connectivity index is 2.34. The number of benzene rings is 1. The lowest BCUT2D eigenvalue weighted by Crippen LogP contribution is -2.47. The fourth-order valence-corrected chi connectivity index (χ4v) is 1.70. The highest BCUT2D eigenvalue weighted by Gasteiger charge is 2.06. The molecule has 0 spiro atoms. The zero-order valence-electron chi connectivity index (χ0n) is 10.7. The monoisotopic (exact) mass is 265 g/mol. The summed E-state index contributed by atoms with van der Waals surface area (Å²) in [6.07, 6.45) is 1.30. The Hall–Kier alpha value is -1.62. The third kappa shape index (κ3) is 5.14. The molecule has 18 heavy (non-hydrogen) atoms. The van der Waals surface area contributed by atoms with Crippen molar-refractivity contribution in [1.82, 2.24) is 16.2 Å². The van der Waals surface area contributed by atoms with Crippen LogP contribution in [0.15, 0.2) is 30.3 Å². The molecule has 0 radical (unpaired) electrons. The lowest BCUT2D eigenvalue weighted by Gasteiger charge is -2.17. The minimum absolute atomic E-state index is 0.0611. The predicted molar refractivity (Wildman–Crippen MR) is 76.8 cm³/mol. The predicted octanol–water partition coefficient (Wildman–Crippen LogP) is 2.04. The summed E-state index contributed by atoms with van der Waals surface area (Å²) in [6.45, 7) is 3.96. The first-order chi connectivity index (χ1) is 8.63. The van der Waals surface area contributed by atoms with Crippen LogP contribution in [0, 0.1) is 0 Å². The second kappa shape index (κ2) is 7.66. The van der Waals surface area contributed by atoms with E-state index in [1.54, 1.807) is 0 Å². The average Bonchev–Trinajstić information content (AvgIpc) is 2.38. The Kier molecular flexibility index (Phi) is 6.14. The third-order valence-electron chi connectivity index (χ3n) is 2.44. The van der Waals surface area contributed by atoms with Crippen LogP contribution in [0.1, 0.15) is 38.3 Å². The SMILES string of the molecule is CCCC(=O)NNC(=S)N[C@@H](C)c1ccccc1. The molecule has 1 atom stereocenters. The van der Waals surface area contributed by atoms with E-state index in [2.05, 4.69) is 16.2 Å². The van der Waals surface area contributed by atoms with E-state index in [1.165, 1.54) is 0 Å². The molecule has 98 valence electrons. The van der Waals surface area contributed by atoms with Crippen LogP contribution in [0.3, 0.4) is 0 Å². The zero-order valence-corrected chi connectivity index (χ0v) is 11.5. The third-order valence-corrected chi connectivity index (χ3v) is 2.66. The van der Waals surface area contributed by atoms with E-state index in [9.17, 15) is 4.79 Å². The Bertz CT molecular complexity index is 394. The summed E-state index contributed by atoms with van der Waals surface area (Å²) in [4.78, 5) is 11.2. The van der Waals surface area contributed by atoms with Gasteiger partial charge in [-0.05, 0) is 31.1 Å². The van der Waals surface area contributed by atoms with Gasteiger partial charge in [0.1, 0.15) is 0 Å². The number of carbonyl (C=O) groups excluding carboxylic acids is 1. The van der Waals surface area contributed by atoms with Crippen molar-refractivity contribution in [3.63, 3.8) is 0 Å². The van der Waals surface area contributed by atoms with E-state index >= 15 is 0 Å². The average molecular weight is 265 g/mol. The van der Waals surface area contributed by atoms with Gasteiger partial charge in [0.2, 0.25) is 5.91 Å². The van der Waals surface area contributed by atoms with Crippen LogP contribution in [-0.4, -0.2) is 11.0 Å². The number of amides is 1. The maximum absolute atomic E-state index is 11.2. The molecule has 0 bridgehead atoms. The van der Waals surface area contributed by atoms with Crippen LogP contribution in [0.2, 0.25) is 0 Å². The lowest BCUT2D eigenvalue weighted by molar-refractivity contribution is -0.121. The van der Waals surface area contributed by atoms with Gasteiger partial charge in [-0.1, -0.05) is 37.3 Å². The number of hydrogen-bond donors (Lipinski definition) is 3. The normalized spacial score (nSPS) is 11.4. The van der Waals surface area contributed by atoms with Crippen LogP contribution in [-0.2, 0) is 4.79 Å². The standard InChI is InChI=1S/C13H19N3OS/c1-3-7-12(17)15-16-13(18)14-10(2)11-8-5-4-6-9-11/h4-6,8-10H,3,7H2,1-2H3,(H,15,17)(H2,14,16,18)/t10-/m0/s1. The van der Waals surface area contributed by atoms with Crippen molar-refractivity contribution in [1.29, 1.82) is 0 Å². The van der Waals surface area contributed by atoms with E-state index in [1.807, 2.05) is 44.2 Å². The van der Waals surface area contributed by atoms with Gasteiger partial charge < -0.3 is 5.32 Å². The largest absolute Gasteiger partial charge is 0.355 e. The van der Waals surface area contributed by atoms with Crippen molar-refractivity contribution < 1.29 is 4.79 Å². The van der Waals surface area contributed by atoms with Crippen molar-refractivity contribution in [3.8, 4) is 0 Å². The van der Waals surface area contributed by atoms with E-state index in [0.29, 0.717) is 11.5 Å². The molecule has 1 aromatic carbocycles. The molecular formula is C13H19N3OS. The second-order valence-electron chi connectivity index (χ2n) is 4.03. The number of thiocarbonyl (C=S) groups is 1. The Morgan fingerprint density at radius 1 is 1.28 bits per heavy atom. The Morgan fingerprint density at radius 3 is 2.56 bits per heavy atom. The lowest BCUT2D eigenvalue weighted by atomic mass is 10.1. The molecule has 3 N–H and O–H groups in total. The van der Waals surface area contributed by atoms with Gasteiger partial charge in [-0.3, -0.25) is 15.6 Å². The summed E-state index contributed by atoms with van der Waals surface area (Å²) in [5, 5.41) is 3.51. The smallest absolute Gasteiger partial charge is 0.238 e. The van der Waals surface area contributed by atoms with Crippen molar-refractivity contribution >= 4 is 23.2 Å². The molecule has 0 aliphatic heterocycles. The number of carbonyl (C=O) groups is 1. The fraction of sp³-hybridized carbons (Fsp3) is 0.385. The van der Waals surface area contributed by atoms with Crippen molar-refractivity contribution in [2.75, 3.05) is 0 Å². The summed E-state index contributed by atoms with van der Waals surface area (Å²) < 4.78 is 0. The first-order valence-electron chi connectivity index (χ1n) is 6.03. The topological polar surface area (TPSA) is 53.2 Å². The van der Waals surface area contributed by atoms with Crippen LogP contribution >= 0.6 is 12.2 Å². The van der Waals surface area contributed by atoms with Gasteiger partial charge in [0.15, 0.2) is 5.11 Å². The molecule has 1 rings (SSSR count). The molecule has 0 fully saturated rings. The van der Waals surface area contributed by atoms with Crippen LogP contribution in [0.25, 0.3) is 0 Å². The summed E-state index contributed by atoms with van der Waals surface area (Å²) in [7, 11) is 0. The van der Waals surface area contributed by atoms with E-state index in [-0.39, 0.29) is 11.9 Å². The first kappa shape index (κ1) is 14.4. The fourth-order valence-electron chi connectivity index (χ4n) is 1.47.